The maximum atomic E-state index is 11.8. The molecule has 3 amide bonds. The molecule has 18 heavy (non-hydrogen) atoms. The van der Waals surface area contributed by atoms with Gasteiger partial charge in [0.1, 0.15) is 0 Å². The Bertz CT molecular complexity index is 473. The van der Waals surface area contributed by atoms with Gasteiger partial charge in [-0.15, -0.1) is 0 Å². The number of carbonyl (C=O) groups is 2. The second kappa shape index (κ2) is 5.18. The average molecular weight is 248 g/mol. The lowest BCUT2D eigenvalue weighted by Gasteiger charge is -2.30. The summed E-state index contributed by atoms with van der Waals surface area (Å²) in [4.78, 5) is 24.7. The Balaban J connectivity index is 2.22. The van der Waals surface area contributed by atoms with Crippen molar-refractivity contribution in [2.75, 3.05) is 18.6 Å². The van der Waals surface area contributed by atoms with E-state index in [0.29, 0.717) is 13.2 Å². The maximum absolute atomic E-state index is 11.8. The minimum absolute atomic E-state index is 0.200. The average Bonchev–Trinajstić information content (AvgIpc) is 2.34. The van der Waals surface area contributed by atoms with Crippen LogP contribution in [0.3, 0.4) is 0 Å². The number of rotatable bonds is 3. The molecule has 0 saturated carbocycles. The van der Waals surface area contributed by atoms with Crippen LogP contribution in [0.2, 0.25) is 0 Å². The van der Waals surface area contributed by atoms with Crippen molar-refractivity contribution in [2.45, 2.75) is 13.5 Å². The van der Waals surface area contributed by atoms with Crippen LogP contribution in [0, 0.1) is 5.92 Å². The molecule has 1 heterocycles. The van der Waals surface area contributed by atoms with Crippen LogP contribution in [0.1, 0.15) is 12.5 Å². The largest absolute Gasteiger partial charge is 0.380 e. The summed E-state index contributed by atoms with van der Waals surface area (Å²) in [7, 11) is 1.63. The van der Waals surface area contributed by atoms with E-state index >= 15 is 0 Å². The normalized spacial score (nSPS) is 19.9. The lowest BCUT2D eigenvalue weighted by atomic mass is 10.1. The number of imide groups is 1. The van der Waals surface area contributed by atoms with Crippen LogP contribution in [0.5, 0.6) is 0 Å². The number of hydrogen-bond acceptors (Lipinski definition) is 3. The Labute approximate surface area is 106 Å². The van der Waals surface area contributed by atoms with Gasteiger partial charge in [0.25, 0.3) is 0 Å². The highest BCUT2D eigenvalue weighted by molar-refractivity contribution is 6.06. The van der Waals surface area contributed by atoms with Crippen LogP contribution < -0.4 is 10.2 Å². The number of methoxy groups -OCH3 is 1. The summed E-state index contributed by atoms with van der Waals surface area (Å²) in [6, 6.07) is 7.18. The van der Waals surface area contributed by atoms with E-state index in [4.69, 9.17) is 4.74 Å². The van der Waals surface area contributed by atoms with E-state index < -0.39 is 0 Å². The molecule has 5 heteroatoms. The van der Waals surface area contributed by atoms with Crippen molar-refractivity contribution in [3.63, 3.8) is 0 Å². The molecule has 1 fully saturated rings. The van der Waals surface area contributed by atoms with Gasteiger partial charge in [0.2, 0.25) is 5.91 Å². The van der Waals surface area contributed by atoms with Crippen LogP contribution >= 0.6 is 0 Å². The third-order valence-electron chi connectivity index (χ3n) is 2.91. The number of hydrogen-bond donors (Lipinski definition) is 1. The zero-order chi connectivity index (χ0) is 13.1. The molecule has 1 aromatic carbocycles. The molecule has 1 saturated heterocycles. The third-order valence-corrected chi connectivity index (χ3v) is 2.91. The third kappa shape index (κ3) is 2.51. The highest BCUT2D eigenvalue weighted by Crippen LogP contribution is 2.20. The Hall–Kier alpha value is -1.88. The Morgan fingerprint density at radius 2 is 2.22 bits per heavy atom. The van der Waals surface area contributed by atoms with E-state index in [1.165, 1.54) is 0 Å². The first-order valence-electron chi connectivity index (χ1n) is 5.82. The van der Waals surface area contributed by atoms with Crippen LogP contribution in [0.25, 0.3) is 0 Å². The molecule has 1 N–H and O–H groups in total. The van der Waals surface area contributed by atoms with Crippen LogP contribution in [-0.4, -0.2) is 25.6 Å². The van der Waals surface area contributed by atoms with Gasteiger partial charge in [-0.2, -0.15) is 0 Å². The van der Waals surface area contributed by atoms with E-state index in [2.05, 4.69) is 5.32 Å². The fourth-order valence-corrected chi connectivity index (χ4v) is 1.94. The number of amides is 3. The lowest BCUT2D eigenvalue weighted by molar-refractivity contribution is -0.123. The number of benzene rings is 1. The molecule has 1 unspecified atom stereocenters. The van der Waals surface area contributed by atoms with Crippen molar-refractivity contribution >= 4 is 17.6 Å². The van der Waals surface area contributed by atoms with Gasteiger partial charge < -0.3 is 4.74 Å². The van der Waals surface area contributed by atoms with Gasteiger partial charge in [0, 0.05) is 19.3 Å². The molecule has 0 bridgehead atoms. The van der Waals surface area contributed by atoms with Crippen LogP contribution in [-0.2, 0) is 16.1 Å². The summed E-state index contributed by atoms with van der Waals surface area (Å²) in [5, 5.41) is 2.35. The van der Waals surface area contributed by atoms with Gasteiger partial charge in [-0.3, -0.25) is 15.0 Å². The predicted octanol–water partition coefficient (Wildman–Crippen LogP) is 1.53. The van der Waals surface area contributed by atoms with E-state index in [1.807, 2.05) is 24.3 Å². The Morgan fingerprint density at radius 1 is 1.44 bits per heavy atom. The number of anilines is 1. The number of ether oxygens (including phenoxy) is 1. The fourth-order valence-electron chi connectivity index (χ4n) is 1.94. The molecular weight excluding hydrogens is 232 g/mol. The minimum Gasteiger partial charge on any atom is -0.380 e. The van der Waals surface area contributed by atoms with Crippen molar-refractivity contribution in [1.29, 1.82) is 0 Å². The topological polar surface area (TPSA) is 58.6 Å². The molecule has 5 nitrogen and oxygen atoms in total. The molecule has 0 aromatic heterocycles. The van der Waals surface area contributed by atoms with Crippen molar-refractivity contribution in [3.8, 4) is 0 Å². The summed E-state index contributed by atoms with van der Waals surface area (Å²) in [6.45, 7) is 2.70. The molecule has 0 radical (unpaired) electrons. The maximum Gasteiger partial charge on any atom is 0.328 e. The smallest absolute Gasteiger partial charge is 0.328 e. The molecule has 0 aliphatic carbocycles. The van der Waals surface area contributed by atoms with E-state index in [9.17, 15) is 9.59 Å². The van der Waals surface area contributed by atoms with Crippen molar-refractivity contribution in [1.82, 2.24) is 5.32 Å². The van der Waals surface area contributed by atoms with E-state index in [0.717, 1.165) is 11.3 Å². The summed E-state index contributed by atoms with van der Waals surface area (Å²) < 4.78 is 5.06. The quantitative estimate of drug-likeness (QED) is 0.882. The minimum atomic E-state index is -0.368. The molecular formula is C13H16N2O3. The summed E-state index contributed by atoms with van der Waals surface area (Å²) >= 11 is 0. The zero-order valence-electron chi connectivity index (χ0n) is 10.5. The van der Waals surface area contributed by atoms with Crippen LogP contribution in [0.15, 0.2) is 24.3 Å². The van der Waals surface area contributed by atoms with Gasteiger partial charge in [-0.05, 0) is 17.7 Å². The highest BCUT2D eigenvalue weighted by atomic mass is 16.5. The molecule has 0 spiro atoms. The van der Waals surface area contributed by atoms with Gasteiger partial charge in [0.05, 0.1) is 12.5 Å². The standard InChI is InChI=1S/C13H16N2O3/c1-9-7-15(13(17)14-12(9)16)11-5-3-4-10(6-11)8-18-2/h3-6,9H,7-8H2,1-2H3,(H,14,16,17). The number of nitrogens with zero attached hydrogens (tertiary/aromatic N) is 1. The SMILES string of the molecule is COCc1cccc(N2CC(C)C(=O)NC2=O)c1. The first-order chi connectivity index (χ1) is 8.61. The first-order valence-corrected chi connectivity index (χ1v) is 5.82. The summed E-state index contributed by atoms with van der Waals surface area (Å²) in [5.74, 6) is -0.418. The van der Waals surface area contributed by atoms with Gasteiger partial charge in [-0.25, -0.2) is 4.79 Å². The van der Waals surface area contributed by atoms with E-state index in [-0.39, 0.29) is 17.9 Å². The van der Waals surface area contributed by atoms with Crippen molar-refractivity contribution < 1.29 is 14.3 Å². The van der Waals surface area contributed by atoms with Crippen LogP contribution in [0.4, 0.5) is 10.5 Å². The second-order valence-corrected chi connectivity index (χ2v) is 4.41. The highest BCUT2D eigenvalue weighted by Gasteiger charge is 2.29. The van der Waals surface area contributed by atoms with Gasteiger partial charge in [0.15, 0.2) is 0 Å². The van der Waals surface area contributed by atoms with Crippen molar-refractivity contribution in [2.24, 2.45) is 5.92 Å². The molecule has 96 valence electrons. The molecule has 2 rings (SSSR count). The van der Waals surface area contributed by atoms with Gasteiger partial charge >= 0.3 is 6.03 Å². The summed E-state index contributed by atoms with van der Waals surface area (Å²) in [5.41, 5.74) is 1.77. The molecule has 1 aromatic rings. The zero-order valence-corrected chi connectivity index (χ0v) is 10.5. The Morgan fingerprint density at radius 3 is 2.94 bits per heavy atom. The van der Waals surface area contributed by atoms with E-state index in [1.54, 1.807) is 18.9 Å². The predicted molar refractivity (Wildman–Crippen MR) is 67.2 cm³/mol. The molecule has 1 aliphatic heterocycles. The number of carbonyl (C=O) groups excluding carboxylic acids is 2. The lowest BCUT2D eigenvalue weighted by Crippen LogP contribution is -2.53. The second-order valence-electron chi connectivity index (χ2n) is 4.41. The van der Waals surface area contributed by atoms with Gasteiger partial charge in [-0.1, -0.05) is 19.1 Å². The van der Waals surface area contributed by atoms with Crippen molar-refractivity contribution in [3.05, 3.63) is 29.8 Å². The monoisotopic (exact) mass is 248 g/mol. The molecule has 1 aliphatic rings. The first kappa shape index (κ1) is 12.6. The molecule has 1 atom stereocenters. The number of urea groups is 1. The fraction of sp³-hybridized carbons (Fsp3) is 0.385. The number of nitrogens with one attached hydrogen (secondary N) is 1. The Kier molecular flexibility index (Phi) is 3.62. The summed E-state index contributed by atoms with van der Waals surface area (Å²) in [6.07, 6.45) is 0.